The number of hydrogen-bond donors (Lipinski definition) is 1. The van der Waals surface area contributed by atoms with Gasteiger partial charge in [0.2, 0.25) is 0 Å². The monoisotopic (exact) mass is 269 g/mol. The first kappa shape index (κ1) is 14.1. The molecule has 2 aromatic rings. The van der Waals surface area contributed by atoms with E-state index in [0.29, 0.717) is 6.54 Å². The average molecular weight is 269 g/mol. The molecule has 0 bridgehead atoms. The third-order valence-corrected chi connectivity index (χ3v) is 3.43. The van der Waals surface area contributed by atoms with E-state index in [4.69, 9.17) is 0 Å². The zero-order valence-corrected chi connectivity index (χ0v) is 11.8. The highest BCUT2D eigenvalue weighted by molar-refractivity contribution is 5.77. The predicted molar refractivity (Wildman–Crippen MR) is 81.3 cm³/mol. The lowest BCUT2D eigenvalue weighted by Crippen LogP contribution is -2.28. The molecule has 0 aliphatic carbocycles. The van der Waals surface area contributed by atoms with Crippen LogP contribution in [0.1, 0.15) is 17.0 Å². The highest BCUT2D eigenvalue weighted by Gasteiger charge is 2.21. The van der Waals surface area contributed by atoms with Crippen LogP contribution in [-0.4, -0.2) is 24.7 Å². The van der Waals surface area contributed by atoms with Crippen LogP contribution in [0.3, 0.4) is 0 Å². The number of carboxylic acids is 1. The fraction of sp³-hybridized carbons (Fsp3) is 0.235. The smallest absolute Gasteiger partial charge is 0.312 e. The van der Waals surface area contributed by atoms with Gasteiger partial charge in [0.1, 0.15) is 0 Å². The Labute approximate surface area is 119 Å². The number of aryl methyl sites for hydroxylation is 1. The lowest BCUT2D eigenvalue weighted by molar-refractivity contribution is -0.138. The molecule has 1 N–H and O–H groups in total. The first-order valence-electron chi connectivity index (χ1n) is 6.63. The van der Waals surface area contributed by atoms with Crippen molar-refractivity contribution in [1.29, 1.82) is 0 Å². The van der Waals surface area contributed by atoms with Crippen molar-refractivity contribution in [2.45, 2.75) is 12.8 Å². The Bertz CT molecular complexity index is 563. The summed E-state index contributed by atoms with van der Waals surface area (Å²) in [5.74, 6) is -1.32. The van der Waals surface area contributed by atoms with Gasteiger partial charge >= 0.3 is 5.97 Å². The van der Waals surface area contributed by atoms with Crippen molar-refractivity contribution < 1.29 is 9.90 Å². The van der Waals surface area contributed by atoms with E-state index >= 15 is 0 Å². The van der Waals surface area contributed by atoms with E-state index in [1.807, 2.05) is 73.5 Å². The first-order chi connectivity index (χ1) is 9.58. The van der Waals surface area contributed by atoms with Gasteiger partial charge in [0.25, 0.3) is 0 Å². The molecule has 0 saturated carbocycles. The maximum absolute atomic E-state index is 11.5. The van der Waals surface area contributed by atoms with Crippen LogP contribution in [0.4, 0.5) is 5.69 Å². The van der Waals surface area contributed by atoms with Gasteiger partial charge in [-0.25, -0.2) is 0 Å². The highest BCUT2D eigenvalue weighted by atomic mass is 16.4. The van der Waals surface area contributed by atoms with Gasteiger partial charge in [0.05, 0.1) is 5.92 Å². The largest absolute Gasteiger partial charge is 0.481 e. The molecule has 0 aliphatic heterocycles. The van der Waals surface area contributed by atoms with Gasteiger partial charge in [-0.1, -0.05) is 48.0 Å². The summed E-state index contributed by atoms with van der Waals surface area (Å²) in [5, 5.41) is 9.44. The fourth-order valence-electron chi connectivity index (χ4n) is 2.19. The molecule has 1 atom stereocenters. The molecule has 104 valence electrons. The minimum absolute atomic E-state index is 0.447. The number of nitrogens with zero attached hydrogens (tertiary/aromatic N) is 1. The van der Waals surface area contributed by atoms with Crippen LogP contribution in [0.5, 0.6) is 0 Å². The third kappa shape index (κ3) is 3.38. The summed E-state index contributed by atoms with van der Waals surface area (Å²) < 4.78 is 0. The van der Waals surface area contributed by atoms with Crippen molar-refractivity contribution in [3.8, 4) is 0 Å². The number of rotatable bonds is 5. The summed E-state index contributed by atoms with van der Waals surface area (Å²) in [7, 11) is 1.92. The molecule has 0 aromatic heterocycles. The van der Waals surface area contributed by atoms with Crippen LogP contribution in [0.2, 0.25) is 0 Å². The molecule has 0 heterocycles. The lowest BCUT2D eigenvalue weighted by Gasteiger charge is -2.24. The number of carbonyl (C=O) groups is 1. The second kappa shape index (κ2) is 6.24. The van der Waals surface area contributed by atoms with Crippen LogP contribution in [0, 0.1) is 6.92 Å². The van der Waals surface area contributed by atoms with Crippen LogP contribution in [0.15, 0.2) is 54.6 Å². The first-order valence-corrected chi connectivity index (χ1v) is 6.63. The number of carboxylic acid groups (broad SMARTS) is 1. The second-order valence-electron chi connectivity index (χ2n) is 5.02. The fourth-order valence-corrected chi connectivity index (χ4v) is 2.19. The molecule has 0 radical (unpaired) electrons. The van der Waals surface area contributed by atoms with Crippen molar-refractivity contribution in [2.24, 2.45) is 0 Å². The zero-order valence-electron chi connectivity index (χ0n) is 11.8. The minimum atomic E-state index is -0.796. The summed E-state index contributed by atoms with van der Waals surface area (Å²) in [6.45, 7) is 2.48. The second-order valence-corrected chi connectivity index (χ2v) is 5.02. The SMILES string of the molecule is Cc1ccc(N(C)CC(C(=O)O)c2ccccc2)cc1. The maximum Gasteiger partial charge on any atom is 0.312 e. The minimum Gasteiger partial charge on any atom is -0.481 e. The van der Waals surface area contributed by atoms with Crippen LogP contribution in [0.25, 0.3) is 0 Å². The Morgan fingerprint density at radius 2 is 1.70 bits per heavy atom. The van der Waals surface area contributed by atoms with E-state index in [-0.39, 0.29) is 0 Å². The van der Waals surface area contributed by atoms with E-state index < -0.39 is 11.9 Å². The van der Waals surface area contributed by atoms with Crippen LogP contribution in [-0.2, 0) is 4.79 Å². The van der Waals surface area contributed by atoms with Crippen molar-refractivity contribution in [3.63, 3.8) is 0 Å². The standard InChI is InChI=1S/C17H19NO2/c1-13-8-10-15(11-9-13)18(2)12-16(17(19)20)14-6-4-3-5-7-14/h3-11,16H,12H2,1-2H3,(H,19,20). The normalized spacial score (nSPS) is 11.9. The molecule has 0 fully saturated rings. The average Bonchev–Trinajstić information content (AvgIpc) is 2.46. The lowest BCUT2D eigenvalue weighted by atomic mass is 9.98. The molecule has 0 saturated heterocycles. The van der Waals surface area contributed by atoms with Gasteiger partial charge < -0.3 is 10.0 Å². The van der Waals surface area contributed by atoms with Crippen molar-refractivity contribution >= 4 is 11.7 Å². The van der Waals surface area contributed by atoms with E-state index in [0.717, 1.165) is 11.3 Å². The Morgan fingerprint density at radius 3 is 2.25 bits per heavy atom. The summed E-state index contributed by atoms with van der Waals surface area (Å²) in [6, 6.07) is 17.5. The van der Waals surface area contributed by atoms with E-state index in [9.17, 15) is 9.90 Å². The summed E-state index contributed by atoms with van der Waals surface area (Å²) >= 11 is 0. The van der Waals surface area contributed by atoms with Gasteiger partial charge in [0.15, 0.2) is 0 Å². The third-order valence-electron chi connectivity index (χ3n) is 3.43. The predicted octanol–water partition coefficient (Wildman–Crippen LogP) is 3.30. The Kier molecular flexibility index (Phi) is 4.41. The number of hydrogen-bond acceptors (Lipinski definition) is 2. The van der Waals surface area contributed by atoms with Crippen molar-refractivity contribution in [2.75, 3.05) is 18.5 Å². The molecule has 2 aromatic carbocycles. The van der Waals surface area contributed by atoms with E-state index in [1.54, 1.807) is 0 Å². The summed E-state index contributed by atoms with van der Waals surface area (Å²) in [6.07, 6.45) is 0. The molecule has 3 heteroatoms. The van der Waals surface area contributed by atoms with Gasteiger partial charge in [-0.2, -0.15) is 0 Å². The number of likely N-dealkylation sites (N-methyl/N-ethyl adjacent to an activating group) is 1. The molecular formula is C17H19NO2. The molecule has 0 amide bonds. The van der Waals surface area contributed by atoms with E-state index in [1.165, 1.54) is 5.56 Å². The van der Waals surface area contributed by atoms with Gasteiger partial charge in [-0.15, -0.1) is 0 Å². The molecule has 0 spiro atoms. The number of benzene rings is 2. The van der Waals surface area contributed by atoms with Crippen LogP contribution < -0.4 is 4.90 Å². The van der Waals surface area contributed by atoms with E-state index in [2.05, 4.69) is 0 Å². The summed E-state index contributed by atoms with van der Waals surface area (Å²) in [5.41, 5.74) is 3.05. The molecule has 20 heavy (non-hydrogen) atoms. The Morgan fingerprint density at radius 1 is 1.10 bits per heavy atom. The molecule has 2 rings (SSSR count). The van der Waals surface area contributed by atoms with Crippen molar-refractivity contribution in [1.82, 2.24) is 0 Å². The van der Waals surface area contributed by atoms with Crippen LogP contribution >= 0.6 is 0 Å². The number of anilines is 1. The number of aliphatic carboxylic acids is 1. The van der Waals surface area contributed by atoms with Gasteiger partial charge in [0, 0.05) is 19.3 Å². The molecule has 1 unspecified atom stereocenters. The quantitative estimate of drug-likeness (QED) is 0.905. The molecule has 3 nitrogen and oxygen atoms in total. The highest BCUT2D eigenvalue weighted by Crippen LogP contribution is 2.21. The Hall–Kier alpha value is -2.29. The zero-order chi connectivity index (χ0) is 14.5. The molecular weight excluding hydrogens is 250 g/mol. The maximum atomic E-state index is 11.5. The summed E-state index contributed by atoms with van der Waals surface area (Å²) in [4.78, 5) is 13.5. The van der Waals surface area contributed by atoms with Gasteiger partial charge in [-0.3, -0.25) is 4.79 Å². The topological polar surface area (TPSA) is 40.5 Å². The molecule has 0 aliphatic rings. The van der Waals surface area contributed by atoms with Crippen molar-refractivity contribution in [3.05, 3.63) is 65.7 Å². The van der Waals surface area contributed by atoms with Gasteiger partial charge in [-0.05, 0) is 24.6 Å². The Balaban J connectivity index is 2.16.